The molecule has 2 heterocycles. The van der Waals surface area contributed by atoms with Gasteiger partial charge in [-0.2, -0.15) is 10.2 Å². The van der Waals surface area contributed by atoms with Gasteiger partial charge in [0.05, 0.1) is 10.6 Å². The molecule has 0 fully saturated rings. The van der Waals surface area contributed by atoms with Crippen molar-refractivity contribution in [3.63, 3.8) is 0 Å². The maximum absolute atomic E-state index is 12.5. The zero-order chi connectivity index (χ0) is 14.4. The highest BCUT2D eigenvalue weighted by Crippen LogP contribution is 2.49. The summed E-state index contributed by atoms with van der Waals surface area (Å²) in [6, 6.07) is 16.7. The summed E-state index contributed by atoms with van der Waals surface area (Å²) >= 11 is 0. The average Bonchev–Trinajstić information content (AvgIpc) is 2.91. The lowest BCUT2D eigenvalue weighted by atomic mass is 9.87. The highest BCUT2D eigenvalue weighted by molar-refractivity contribution is 7.91. The summed E-state index contributed by atoms with van der Waals surface area (Å²) in [5.74, 6) is 0.00799. The Hall–Kier alpha value is -2.01. The Kier molecular flexibility index (Phi) is 2.72. The van der Waals surface area contributed by atoms with E-state index in [4.69, 9.17) is 0 Å². The molecule has 3 unspecified atom stereocenters. The Labute approximate surface area is 123 Å². The highest BCUT2D eigenvalue weighted by atomic mass is 32.2. The van der Waals surface area contributed by atoms with E-state index in [-0.39, 0.29) is 23.8 Å². The van der Waals surface area contributed by atoms with Crippen LogP contribution in [0.15, 0.2) is 69.7 Å². The van der Waals surface area contributed by atoms with Crippen molar-refractivity contribution in [1.29, 1.82) is 0 Å². The van der Waals surface area contributed by atoms with Crippen LogP contribution in [-0.4, -0.2) is 14.2 Å². The molecule has 2 aliphatic heterocycles. The number of nitrogens with zero attached hydrogens (tertiary/aromatic N) is 2. The van der Waals surface area contributed by atoms with Gasteiger partial charge in [0.2, 0.25) is 0 Å². The van der Waals surface area contributed by atoms with E-state index in [1.54, 1.807) is 12.1 Å². The number of fused-ring (bicyclic) bond motifs is 3. The molecule has 0 spiro atoms. The Bertz CT molecular complexity index is 815. The lowest BCUT2D eigenvalue weighted by Crippen LogP contribution is -2.29. The van der Waals surface area contributed by atoms with Crippen LogP contribution in [0.3, 0.4) is 0 Å². The number of hydrogen-bond donors (Lipinski definition) is 0. The smallest absolute Gasteiger partial charge is 0.179 e. The predicted molar refractivity (Wildman–Crippen MR) is 78.8 cm³/mol. The molecule has 0 aliphatic carbocycles. The lowest BCUT2D eigenvalue weighted by molar-refractivity contribution is 0.441. The van der Waals surface area contributed by atoms with Crippen molar-refractivity contribution in [1.82, 2.24) is 0 Å². The molecule has 2 aliphatic rings. The molecule has 2 aromatic rings. The van der Waals surface area contributed by atoms with Crippen molar-refractivity contribution in [3.05, 3.63) is 65.7 Å². The van der Waals surface area contributed by atoms with Gasteiger partial charge < -0.3 is 0 Å². The normalized spacial score (nSPS) is 28.9. The third-order valence-corrected chi connectivity index (χ3v) is 6.12. The molecule has 5 heteroatoms. The van der Waals surface area contributed by atoms with Gasteiger partial charge in [0.25, 0.3) is 0 Å². The van der Waals surface area contributed by atoms with Crippen LogP contribution >= 0.6 is 0 Å². The molecule has 0 saturated carbocycles. The summed E-state index contributed by atoms with van der Waals surface area (Å²) in [5.41, 5.74) is 1.82. The van der Waals surface area contributed by atoms with Crippen molar-refractivity contribution in [2.45, 2.75) is 17.0 Å². The first-order valence-electron chi connectivity index (χ1n) is 6.93. The number of hydrogen-bond acceptors (Lipinski definition) is 4. The minimum Gasteiger partial charge on any atom is -0.224 e. The van der Waals surface area contributed by atoms with Crippen LogP contribution in [0.25, 0.3) is 0 Å². The zero-order valence-corrected chi connectivity index (χ0v) is 12.1. The van der Waals surface area contributed by atoms with Crippen LogP contribution in [0.1, 0.15) is 23.2 Å². The molecule has 106 valence electrons. The van der Waals surface area contributed by atoms with Gasteiger partial charge in [-0.05, 0) is 17.2 Å². The molecule has 4 nitrogen and oxygen atoms in total. The van der Waals surface area contributed by atoms with Gasteiger partial charge in [0.1, 0.15) is 12.1 Å². The molecule has 0 N–H and O–H groups in total. The molecule has 0 radical (unpaired) electrons. The molecule has 0 bridgehead atoms. The van der Waals surface area contributed by atoms with E-state index in [0.717, 1.165) is 11.1 Å². The lowest BCUT2D eigenvalue weighted by Gasteiger charge is -2.28. The first-order chi connectivity index (χ1) is 10.2. The fourth-order valence-electron chi connectivity index (χ4n) is 3.28. The fraction of sp³-hybridized carbons (Fsp3) is 0.250. The van der Waals surface area contributed by atoms with E-state index in [2.05, 4.69) is 10.2 Å². The third kappa shape index (κ3) is 1.92. The Morgan fingerprint density at radius 3 is 2.33 bits per heavy atom. The van der Waals surface area contributed by atoms with Crippen molar-refractivity contribution >= 4 is 9.84 Å². The van der Waals surface area contributed by atoms with Crippen molar-refractivity contribution in [3.8, 4) is 0 Å². The maximum atomic E-state index is 12.5. The molecule has 4 rings (SSSR count). The summed E-state index contributed by atoms with van der Waals surface area (Å²) in [7, 11) is -3.26. The molecule has 3 atom stereocenters. The first-order valence-corrected chi connectivity index (χ1v) is 8.59. The summed E-state index contributed by atoms with van der Waals surface area (Å²) < 4.78 is 25.0. The second-order valence-corrected chi connectivity index (χ2v) is 7.52. The standard InChI is InChI=1S/C16H14N2O2S/c19-21(20)10-13-15(11-6-2-1-3-7-11)17-18-16(13)12-8-4-5-9-14(12)21/h1-9,13,15-16H,10H2. The van der Waals surface area contributed by atoms with Crippen LogP contribution < -0.4 is 0 Å². The van der Waals surface area contributed by atoms with Crippen LogP contribution in [-0.2, 0) is 9.84 Å². The predicted octanol–water partition coefficient (Wildman–Crippen LogP) is 3.34. The van der Waals surface area contributed by atoms with Gasteiger partial charge in [-0.25, -0.2) is 8.42 Å². The monoisotopic (exact) mass is 298 g/mol. The fourth-order valence-corrected chi connectivity index (χ4v) is 5.16. The quantitative estimate of drug-likeness (QED) is 0.810. The number of sulfone groups is 1. The average molecular weight is 298 g/mol. The van der Waals surface area contributed by atoms with E-state index in [1.807, 2.05) is 42.5 Å². The second kappa shape index (κ2) is 4.49. The van der Waals surface area contributed by atoms with E-state index < -0.39 is 9.84 Å². The van der Waals surface area contributed by atoms with Crippen molar-refractivity contribution < 1.29 is 8.42 Å². The Morgan fingerprint density at radius 1 is 0.857 bits per heavy atom. The van der Waals surface area contributed by atoms with Gasteiger partial charge in [-0.15, -0.1) is 0 Å². The summed E-state index contributed by atoms with van der Waals surface area (Å²) in [6.07, 6.45) is 0. The SMILES string of the molecule is O=S1(=O)CC2C(c3ccccc3)N=NC2c2ccccc21. The van der Waals surface area contributed by atoms with E-state index in [9.17, 15) is 8.42 Å². The minimum atomic E-state index is -3.26. The topological polar surface area (TPSA) is 58.9 Å². The molecular formula is C16H14N2O2S. The Morgan fingerprint density at radius 2 is 1.52 bits per heavy atom. The molecular weight excluding hydrogens is 284 g/mol. The third-order valence-electron chi connectivity index (χ3n) is 4.25. The van der Waals surface area contributed by atoms with Crippen molar-refractivity contribution in [2.75, 3.05) is 5.75 Å². The van der Waals surface area contributed by atoms with Gasteiger partial charge in [0, 0.05) is 5.92 Å². The molecule has 2 aromatic carbocycles. The zero-order valence-electron chi connectivity index (χ0n) is 11.3. The van der Waals surface area contributed by atoms with E-state index >= 15 is 0 Å². The van der Waals surface area contributed by atoms with Gasteiger partial charge >= 0.3 is 0 Å². The van der Waals surface area contributed by atoms with Gasteiger partial charge in [-0.1, -0.05) is 48.5 Å². The molecule has 0 aromatic heterocycles. The summed E-state index contributed by atoms with van der Waals surface area (Å²) in [5, 5.41) is 8.76. The summed E-state index contributed by atoms with van der Waals surface area (Å²) in [6.45, 7) is 0. The van der Waals surface area contributed by atoms with Crippen LogP contribution in [0, 0.1) is 5.92 Å². The number of azo groups is 1. The Balaban J connectivity index is 1.82. The number of rotatable bonds is 1. The highest BCUT2D eigenvalue weighted by Gasteiger charge is 2.45. The molecule has 0 amide bonds. The first kappa shape index (κ1) is 12.7. The largest absolute Gasteiger partial charge is 0.224 e. The number of benzene rings is 2. The molecule has 21 heavy (non-hydrogen) atoms. The van der Waals surface area contributed by atoms with E-state index in [1.165, 1.54) is 0 Å². The van der Waals surface area contributed by atoms with Crippen LogP contribution in [0.2, 0.25) is 0 Å². The van der Waals surface area contributed by atoms with Crippen LogP contribution in [0.4, 0.5) is 0 Å². The molecule has 0 saturated heterocycles. The minimum absolute atomic E-state index is 0.104. The maximum Gasteiger partial charge on any atom is 0.179 e. The van der Waals surface area contributed by atoms with Gasteiger partial charge in [-0.3, -0.25) is 0 Å². The summed E-state index contributed by atoms with van der Waals surface area (Å²) in [4.78, 5) is 0.416. The van der Waals surface area contributed by atoms with Crippen LogP contribution in [0.5, 0.6) is 0 Å². The van der Waals surface area contributed by atoms with E-state index in [0.29, 0.717) is 4.90 Å². The van der Waals surface area contributed by atoms with Crippen molar-refractivity contribution in [2.24, 2.45) is 16.1 Å². The second-order valence-electron chi connectivity index (χ2n) is 5.51. The van der Waals surface area contributed by atoms with Gasteiger partial charge in [0.15, 0.2) is 9.84 Å².